The van der Waals surface area contributed by atoms with Gasteiger partial charge in [-0.1, -0.05) is 11.6 Å². The van der Waals surface area contributed by atoms with Crippen molar-refractivity contribution in [1.29, 1.82) is 0 Å². The molecule has 0 N–H and O–H groups in total. The lowest BCUT2D eigenvalue weighted by molar-refractivity contribution is 0.00704. The van der Waals surface area contributed by atoms with Gasteiger partial charge in [-0.15, -0.1) is 11.3 Å². The van der Waals surface area contributed by atoms with E-state index >= 15 is 0 Å². The summed E-state index contributed by atoms with van der Waals surface area (Å²) >= 11 is 1.37. The molecule has 0 saturated carbocycles. The van der Waals surface area contributed by atoms with E-state index in [1.807, 2.05) is 45.9 Å². The zero-order valence-electron chi connectivity index (χ0n) is 12.6. The molecule has 0 aliphatic heterocycles. The van der Waals surface area contributed by atoms with Crippen LogP contribution < -0.4 is 0 Å². The monoisotopic (exact) mass is 302 g/mol. The average molecular weight is 302 g/mol. The highest BCUT2D eigenvalue weighted by Gasteiger charge is 2.21. The summed E-state index contributed by atoms with van der Waals surface area (Å²) in [4.78, 5) is 24.7. The molecule has 0 aliphatic rings. The number of thiophene rings is 1. The standard InChI is InChI=1S/C17H18O3S/c1-11-5-7-13(16(19)20-17(2,3)4)14(9-11)15-8-6-12(10-18)21-15/h5-10H,1-4H3. The number of benzene rings is 1. The van der Waals surface area contributed by atoms with Crippen LogP contribution in [0.4, 0.5) is 0 Å². The molecule has 0 fully saturated rings. The average Bonchev–Trinajstić information content (AvgIpc) is 2.85. The lowest BCUT2D eigenvalue weighted by Crippen LogP contribution is -2.24. The third-order valence-corrected chi connectivity index (χ3v) is 3.85. The summed E-state index contributed by atoms with van der Waals surface area (Å²) in [5, 5.41) is 0. The first-order valence-corrected chi connectivity index (χ1v) is 7.51. The van der Waals surface area contributed by atoms with E-state index in [9.17, 15) is 9.59 Å². The first-order chi connectivity index (χ1) is 9.80. The fourth-order valence-electron chi connectivity index (χ4n) is 1.93. The van der Waals surface area contributed by atoms with Crippen LogP contribution in [0.25, 0.3) is 10.4 Å². The molecule has 0 spiro atoms. The van der Waals surface area contributed by atoms with Crippen LogP contribution in [-0.4, -0.2) is 17.9 Å². The van der Waals surface area contributed by atoms with Crippen LogP contribution in [0.15, 0.2) is 30.3 Å². The number of rotatable bonds is 3. The molecule has 1 heterocycles. The molecule has 21 heavy (non-hydrogen) atoms. The van der Waals surface area contributed by atoms with Crippen LogP contribution in [0.3, 0.4) is 0 Å². The summed E-state index contributed by atoms with van der Waals surface area (Å²) in [6.07, 6.45) is 0.817. The maximum absolute atomic E-state index is 12.4. The molecule has 0 saturated heterocycles. The fourth-order valence-corrected chi connectivity index (χ4v) is 2.79. The van der Waals surface area contributed by atoms with Crippen LogP contribution in [0.5, 0.6) is 0 Å². The maximum Gasteiger partial charge on any atom is 0.339 e. The second-order valence-corrected chi connectivity index (χ2v) is 6.99. The highest BCUT2D eigenvalue weighted by Crippen LogP contribution is 2.32. The minimum atomic E-state index is -0.539. The minimum absolute atomic E-state index is 0.349. The first kappa shape index (κ1) is 15.4. The van der Waals surface area contributed by atoms with Crippen molar-refractivity contribution in [2.75, 3.05) is 0 Å². The van der Waals surface area contributed by atoms with Gasteiger partial charge in [-0.2, -0.15) is 0 Å². The molecule has 2 aromatic rings. The second kappa shape index (κ2) is 5.82. The van der Waals surface area contributed by atoms with Crippen LogP contribution in [0.1, 0.15) is 46.4 Å². The number of ether oxygens (including phenoxy) is 1. The van der Waals surface area contributed by atoms with Crippen molar-refractivity contribution in [1.82, 2.24) is 0 Å². The zero-order chi connectivity index (χ0) is 15.6. The number of carbonyl (C=O) groups is 2. The van der Waals surface area contributed by atoms with Gasteiger partial charge < -0.3 is 4.74 Å². The Balaban J connectivity index is 2.47. The fraction of sp³-hybridized carbons (Fsp3) is 0.294. The molecule has 4 heteroatoms. The third-order valence-electron chi connectivity index (χ3n) is 2.80. The topological polar surface area (TPSA) is 43.4 Å². The van der Waals surface area contributed by atoms with Gasteiger partial charge in [0.25, 0.3) is 0 Å². The van der Waals surface area contributed by atoms with Gasteiger partial charge in [0.15, 0.2) is 6.29 Å². The Kier molecular flexibility index (Phi) is 4.28. The summed E-state index contributed by atoms with van der Waals surface area (Å²) in [5.41, 5.74) is 1.85. The summed E-state index contributed by atoms with van der Waals surface area (Å²) in [6.45, 7) is 7.49. The Bertz CT molecular complexity index is 678. The molecule has 0 aliphatic carbocycles. The number of hydrogen-bond acceptors (Lipinski definition) is 4. The van der Waals surface area contributed by atoms with E-state index in [0.717, 1.165) is 22.3 Å². The van der Waals surface area contributed by atoms with Gasteiger partial charge in [-0.3, -0.25) is 4.79 Å². The molecular weight excluding hydrogens is 284 g/mol. The first-order valence-electron chi connectivity index (χ1n) is 6.69. The van der Waals surface area contributed by atoms with Gasteiger partial charge in [-0.05, 0) is 52.0 Å². The van der Waals surface area contributed by atoms with Crippen molar-refractivity contribution in [2.45, 2.75) is 33.3 Å². The van der Waals surface area contributed by atoms with Crippen molar-refractivity contribution in [3.05, 3.63) is 46.3 Å². The summed E-state index contributed by atoms with van der Waals surface area (Å²) in [5.74, 6) is -0.349. The Morgan fingerprint density at radius 1 is 1.19 bits per heavy atom. The van der Waals surface area contributed by atoms with E-state index in [4.69, 9.17) is 4.74 Å². The summed E-state index contributed by atoms with van der Waals surface area (Å²) in [6, 6.07) is 9.22. The number of aldehydes is 1. The molecule has 0 unspecified atom stereocenters. The van der Waals surface area contributed by atoms with Crippen molar-refractivity contribution in [2.24, 2.45) is 0 Å². The Labute approximate surface area is 128 Å². The van der Waals surface area contributed by atoms with Crippen LogP contribution in [0, 0.1) is 6.92 Å². The number of esters is 1. The molecule has 0 radical (unpaired) electrons. The molecule has 0 amide bonds. The van der Waals surface area contributed by atoms with Crippen molar-refractivity contribution >= 4 is 23.6 Å². The quantitative estimate of drug-likeness (QED) is 0.619. The Hall–Kier alpha value is -1.94. The molecule has 0 atom stereocenters. The lowest BCUT2D eigenvalue weighted by atomic mass is 10.0. The van der Waals surface area contributed by atoms with Gasteiger partial charge in [0.2, 0.25) is 0 Å². The van der Waals surface area contributed by atoms with E-state index in [-0.39, 0.29) is 5.97 Å². The van der Waals surface area contributed by atoms with E-state index in [1.54, 1.807) is 12.1 Å². The predicted molar refractivity (Wildman–Crippen MR) is 85.0 cm³/mol. The zero-order valence-corrected chi connectivity index (χ0v) is 13.4. The summed E-state index contributed by atoms with van der Waals surface area (Å²) in [7, 11) is 0. The minimum Gasteiger partial charge on any atom is -0.456 e. The van der Waals surface area contributed by atoms with E-state index in [0.29, 0.717) is 10.4 Å². The van der Waals surface area contributed by atoms with Gasteiger partial charge in [-0.25, -0.2) is 4.79 Å². The van der Waals surface area contributed by atoms with Crippen LogP contribution >= 0.6 is 11.3 Å². The number of carbonyl (C=O) groups excluding carboxylic acids is 2. The van der Waals surface area contributed by atoms with E-state index in [2.05, 4.69) is 0 Å². The largest absolute Gasteiger partial charge is 0.456 e. The molecule has 3 nitrogen and oxygen atoms in total. The highest BCUT2D eigenvalue weighted by atomic mass is 32.1. The number of hydrogen-bond donors (Lipinski definition) is 0. The van der Waals surface area contributed by atoms with Gasteiger partial charge in [0, 0.05) is 10.4 Å². The lowest BCUT2D eigenvalue weighted by Gasteiger charge is -2.20. The Morgan fingerprint density at radius 3 is 2.48 bits per heavy atom. The molecule has 0 bridgehead atoms. The van der Waals surface area contributed by atoms with Crippen molar-refractivity contribution in [3.63, 3.8) is 0 Å². The van der Waals surface area contributed by atoms with Crippen LogP contribution in [0.2, 0.25) is 0 Å². The Morgan fingerprint density at radius 2 is 1.90 bits per heavy atom. The third kappa shape index (κ3) is 3.79. The van der Waals surface area contributed by atoms with E-state index < -0.39 is 5.60 Å². The van der Waals surface area contributed by atoms with Crippen molar-refractivity contribution < 1.29 is 14.3 Å². The highest BCUT2D eigenvalue weighted by molar-refractivity contribution is 7.17. The van der Waals surface area contributed by atoms with Gasteiger partial charge in [0.1, 0.15) is 5.60 Å². The van der Waals surface area contributed by atoms with Crippen molar-refractivity contribution in [3.8, 4) is 10.4 Å². The smallest absolute Gasteiger partial charge is 0.339 e. The molecule has 1 aromatic heterocycles. The molecule has 2 rings (SSSR count). The SMILES string of the molecule is Cc1ccc(C(=O)OC(C)(C)C)c(-c2ccc(C=O)s2)c1. The van der Waals surface area contributed by atoms with Gasteiger partial charge in [0.05, 0.1) is 10.4 Å². The molecule has 1 aromatic carbocycles. The second-order valence-electron chi connectivity index (χ2n) is 5.87. The molecular formula is C17H18O3S. The van der Waals surface area contributed by atoms with Crippen LogP contribution in [-0.2, 0) is 4.74 Å². The number of aryl methyl sites for hydroxylation is 1. The van der Waals surface area contributed by atoms with Gasteiger partial charge >= 0.3 is 5.97 Å². The normalized spacial score (nSPS) is 11.2. The predicted octanol–water partition coefficient (Wildman–Crippen LogP) is 4.49. The summed E-state index contributed by atoms with van der Waals surface area (Å²) < 4.78 is 5.46. The molecule has 110 valence electrons. The maximum atomic E-state index is 12.4. The van der Waals surface area contributed by atoms with E-state index in [1.165, 1.54) is 11.3 Å².